The van der Waals surface area contributed by atoms with E-state index in [0.717, 1.165) is 5.56 Å². The summed E-state index contributed by atoms with van der Waals surface area (Å²) in [5.41, 5.74) is 0.868. The lowest BCUT2D eigenvalue weighted by atomic mass is 10.2. The van der Waals surface area contributed by atoms with Gasteiger partial charge in [-0.2, -0.15) is 0 Å². The molecular weight excluding hydrogens is 167 g/mol. The quantitative estimate of drug-likeness (QED) is 0.422. The van der Waals surface area contributed by atoms with E-state index in [2.05, 4.69) is 0 Å². The average molecular weight is 177 g/mol. The van der Waals surface area contributed by atoms with E-state index < -0.39 is 0 Å². The van der Waals surface area contributed by atoms with Crippen LogP contribution in [0.25, 0.3) is 0 Å². The molecule has 0 atom stereocenters. The molecule has 0 aliphatic heterocycles. The smallest absolute Gasteiger partial charge is 0.0700 e. The highest BCUT2D eigenvalue weighted by molar-refractivity contribution is 5.85. The maximum atomic E-state index is 12.0. The molecule has 62 valence electrons. The molecule has 0 saturated carbocycles. The van der Waals surface area contributed by atoms with E-state index in [-0.39, 0.29) is 24.2 Å². The summed E-state index contributed by atoms with van der Waals surface area (Å²) in [5.74, 6) is 4.79. The van der Waals surface area contributed by atoms with E-state index in [1.54, 1.807) is 0 Å². The van der Waals surface area contributed by atoms with Gasteiger partial charge in [0.05, 0.1) is 6.54 Å². The number of nitrogens with zero attached hydrogens (tertiary/aromatic N) is 1. The van der Waals surface area contributed by atoms with E-state index in [9.17, 15) is 4.48 Å². The van der Waals surface area contributed by atoms with Crippen molar-refractivity contribution in [3.63, 3.8) is 0 Å². The molecule has 1 rings (SSSR count). The zero-order valence-electron chi connectivity index (χ0n) is 5.90. The van der Waals surface area contributed by atoms with Crippen molar-refractivity contribution in [1.29, 1.82) is 0 Å². The Hall–Kier alpha value is -0.640. The molecule has 4 heteroatoms. The zero-order valence-corrected chi connectivity index (χ0v) is 6.72. The number of nitrogens with two attached hydrogens (primary N) is 1. The Balaban J connectivity index is 0.000001000. The van der Waals surface area contributed by atoms with Gasteiger partial charge in [-0.3, -0.25) is 0 Å². The van der Waals surface area contributed by atoms with Gasteiger partial charge in [0, 0.05) is 0 Å². The summed E-state index contributed by atoms with van der Waals surface area (Å²) in [7, 11) is 0. The fourth-order valence-corrected chi connectivity index (χ4v) is 0.758. The van der Waals surface area contributed by atoms with Crippen LogP contribution >= 0.6 is 12.4 Å². The highest BCUT2D eigenvalue weighted by Crippen LogP contribution is 2.00. The molecule has 0 fully saturated rings. The van der Waals surface area contributed by atoms with E-state index in [1.807, 2.05) is 30.3 Å². The molecule has 2 N–H and O–H groups in total. The lowest BCUT2D eigenvalue weighted by molar-refractivity contribution is 0.0151. The molecule has 2 nitrogen and oxygen atoms in total. The van der Waals surface area contributed by atoms with Crippen molar-refractivity contribution in [2.75, 3.05) is 0 Å². The predicted molar refractivity (Wildman–Crippen MR) is 44.5 cm³/mol. The summed E-state index contributed by atoms with van der Waals surface area (Å²) in [4.78, 5) is 0. The minimum atomic E-state index is 0. The average Bonchev–Trinajstić information content (AvgIpc) is 1.88. The first-order valence-corrected chi connectivity index (χ1v) is 3.01. The number of benzene rings is 1. The second-order valence-electron chi connectivity index (χ2n) is 2.04. The first-order chi connectivity index (χ1) is 4.79. The van der Waals surface area contributed by atoms with Gasteiger partial charge < -0.3 is 0 Å². The van der Waals surface area contributed by atoms with Crippen molar-refractivity contribution < 1.29 is 4.48 Å². The van der Waals surface area contributed by atoms with E-state index in [1.165, 1.54) is 0 Å². The van der Waals surface area contributed by atoms with Crippen molar-refractivity contribution in [3.8, 4) is 0 Å². The predicted octanol–water partition coefficient (Wildman–Crippen LogP) is 1.67. The van der Waals surface area contributed by atoms with Crippen LogP contribution < -0.4 is 5.84 Å². The van der Waals surface area contributed by atoms with Gasteiger partial charge in [-0.15, -0.1) is 16.9 Å². The van der Waals surface area contributed by atoms with Crippen LogP contribution in [-0.4, -0.2) is 5.23 Å². The Labute approximate surface area is 71.1 Å². The maximum absolute atomic E-state index is 12.0. The third-order valence-electron chi connectivity index (χ3n) is 1.18. The molecule has 0 aliphatic rings. The standard InChI is InChI=1S/C7H9FN2.ClH/c8-10(9)6-7-4-2-1-3-5-7;/h1-5H,6,9H2;1H. The van der Waals surface area contributed by atoms with Crippen molar-refractivity contribution in [2.45, 2.75) is 6.54 Å². The molecule has 0 unspecified atom stereocenters. The summed E-state index contributed by atoms with van der Waals surface area (Å²) in [6.45, 7) is 0.140. The summed E-state index contributed by atoms with van der Waals surface area (Å²) in [5, 5.41) is 0.162. The van der Waals surface area contributed by atoms with Crippen LogP contribution in [-0.2, 0) is 6.54 Å². The second-order valence-corrected chi connectivity index (χ2v) is 2.04. The van der Waals surface area contributed by atoms with Gasteiger partial charge in [-0.1, -0.05) is 35.6 Å². The van der Waals surface area contributed by atoms with E-state index in [4.69, 9.17) is 5.84 Å². The van der Waals surface area contributed by atoms with Crippen LogP contribution in [0.1, 0.15) is 5.56 Å². The molecule has 11 heavy (non-hydrogen) atoms. The second kappa shape index (κ2) is 5.07. The number of hydrazine groups is 1. The number of hydrogen-bond acceptors (Lipinski definition) is 2. The topological polar surface area (TPSA) is 29.3 Å². The lowest BCUT2D eigenvalue weighted by Gasteiger charge is -2.02. The van der Waals surface area contributed by atoms with Crippen LogP contribution in [0.5, 0.6) is 0 Å². The molecule has 0 aromatic heterocycles. The SMILES string of the molecule is Cl.NN(F)Cc1ccccc1. The molecule has 0 amide bonds. The number of rotatable bonds is 2. The van der Waals surface area contributed by atoms with Gasteiger partial charge in [0.2, 0.25) is 0 Å². The van der Waals surface area contributed by atoms with Crippen LogP contribution in [0.2, 0.25) is 0 Å². The minimum absolute atomic E-state index is 0. The normalized spacial score (nSPS) is 9.36. The largest absolute Gasteiger partial charge is 0.241 e. The van der Waals surface area contributed by atoms with Gasteiger partial charge in [0.25, 0.3) is 0 Å². The molecule has 0 spiro atoms. The van der Waals surface area contributed by atoms with Gasteiger partial charge in [0.15, 0.2) is 0 Å². The maximum Gasteiger partial charge on any atom is 0.0700 e. The van der Waals surface area contributed by atoms with Gasteiger partial charge in [-0.25, -0.2) is 5.84 Å². The Morgan fingerprint density at radius 1 is 1.27 bits per heavy atom. The summed E-state index contributed by atoms with van der Waals surface area (Å²) in [6, 6.07) is 9.21. The Morgan fingerprint density at radius 2 is 1.82 bits per heavy atom. The van der Waals surface area contributed by atoms with Crippen LogP contribution in [0, 0.1) is 0 Å². The lowest BCUT2D eigenvalue weighted by Crippen LogP contribution is -2.20. The first-order valence-electron chi connectivity index (χ1n) is 3.01. The van der Waals surface area contributed by atoms with E-state index >= 15 is 0 Å². The van der Waals surface area contributed by atoms with Crippen molar-refractivity contribution in [1.82, 2.24) is 5.23 Å². The molecular formula is C7H10ClFN2. The molecule has 0 heterocycles. The first kappa shape index (κ1) is 10.4. The Kier molecular flexibility index (Phi) is 4.77. The van der Waals surface area contributed by atoms with Crippen LogP contribution in [0.3, 0.4) is 0 Å². The van der Waals surface area contributed by atoms with Crippen molar-refractivity contribution >= 4 is 12.4 Å². The fraction of sp³-hybridized carbons (Fsp3) is 0.143. The number of hydrogen-bond donors (Lipinski definition) is 1. The molecule has 0 aliphatic carbocycles. The molecule has 1 aromatic rings. The van der Waals surface area contributed by atoms with Crippen molar-refractivity contribution in [2.24, 2.45) is 5.84 Å². The molecule has 0 bridgehead atoms. The third kappa shape index (κ3) is 3.93. The Bertz CT molecular complexity index is 191. The van der Waals surface area contributed by atoms with Crippen LogP contribution in [0.4, 0.5) is 4.48 Å². The zero-order chi connectivity index (χ0) is 7.40. The highest BCUT2D eigenvalue weighted by Gasteiger charge is 1.94. The number of halogens is 2. The van der Waals surface area contributed by atoms with Crippen molar-refractivity contribution in [3.05, 3.63) is 35.9 Å². The van der Waals surface area contributed by atoms with Crippen LogP contribution in [0.15, 0.2) is 30.3 Å². The third-order valence-corrected chi connectivity index (χ3v) is 1.18. The molecule has 0 radical (unpaired) electrons. The van der Waals surface area contributed by atoms with Gasteiger partial charge in [-0.05, 0) is 5.56 Å². The van der Waals surface area contributed by atoms with E-state index in [0.29, 0.717) is 0 Å². The highest BCUT2D eigenvalue weighted by atomic mass is 35.5. The van der Waals surface area contributed by atoms with Gasteiger partial charge >= 0.3 is 0 Å². The van der Waals surface area contributed by atoms with Gasteiger partial charge in [0.1, 0.15) is 0 Å². The fourth-order valence-electron chi connectivity index (χ4n) is 0.758. The molecule has 1 aromatic carbocycles. The molecule has 0 saturated heterocycles. The minimum Gasteiger partial charge on any atom is -0.241 e. The summed E-state index contributed by atoms with van der Waals surface area (Å²) >= 11 is 0. The summed E-state index contributed by atoms with van der Waals surface area (Å²) < 4.78 is 12.0. The summed E-state index contributed by atoms with van der Waals surface area (Å²) in [6.07, 6.45) is 0. The monoisotopic (exact) mass is 176 g/mol. The Morgan fingerprint density at radius 3 is 2.27 bits per heavy atom.